The van der Waals surface area contributed by atoms with Crippen molar-refractivity contribution in [1.82, 2.24) is 9.36 Å². The Kier molecular flexibility index (Phi) is 3.10. The van der Waals surface area contributed by atoms with E-state index in [1.54, 1.807) is 6.92 Å². The fourth-order valence-corrected chi connectivity index (χ4v) is 1.76. The summed E-state index contributed by atoms with van der Waals surface area (Å²) in [6.45, 7) is 1.67. The summed E-state index contributed by atoms with van der Waals surface area (Å²) >= 11 is 0.992. The van der Waals surface area contributed by atoms with Crippen LogP contribution in [-0.2, 0) is 0 Å². The van der Waals surface area contributed by atoms with Gasteiger partial charge >= 0.3 is 0 Å². The molecule has 0 aliphatic rings. The predicted molar refractivity (Wildman–Crippen MR) is 59.0 cm³/mol. The molecular formula is C10H7F2N3OS. The van der Waals surface area contributed by atoms with Crippen LogP contribution in [0.3, 0.4) is 0 Å². The standard InChI is InChI=1S/C10H7F2N3OS/c1-5-13-10(17-15-5)14-9(16)7-3-2-6(11)4-8(7)12/h2-4H,1H3,(H,13,14,15,16). The van der Waals surface area contributed by atoms with Crippen molar-refractivity contribution in [2.45, 2.75) is 6.92 Å². The van der Waals surface area contributed by atoms with Crippen molar-refractivity contribution >= 4 is 22.6 Å². The average Bonchev–Trinajstić information content (AvgIpc) is 2.63. The van der Waals surface area contributed by atoms with Gasteiger partial charge in [-0.05, 0) is 19.1 Å². The molecule has 1 heterocycles. The second-order valence-corrected chi connectivity index (χ2v) is 3.98. The molecule has 1 aromatic heterocycles. The van der Waals surface area contributed by atoms with Gasteiger partial charge in [-0.15, -0.1) is 0 Å². The van der Waals surface area contributed by atoms with E-state index in [4.69, 9.17) is 0 Å². The summed E-state index contributed by atoms with van der Waals surface area (Å²) in [6, 6.07) is 2.75. The highest BCUT2D eigenvalue weighted by Gasteiger charge is 2.14. The van der Waals surface area contributed by atoms with Crippen LogP contribution in [0.15, 0.2) is 18.2 Å². The lowest BCUT2D eigenvalue weighted by atomic mass is 10.2. The third kappa shape index (κ3) is 2.62. The highest BCUT2D eigenvalue weighted by molar-refractivity contribution is 7.09. The zero-order chi connectivity index (χ0) is 12.4. The molecule has 0 spiro atoms. The summed E-state index contributed by atoms with van der Waals surface area (Å²) in [5.74, 6) is -1.81. The van der Waals surface area contributed by atoms with E-state index in [2.05, 4.69) is 14.7 Å². The molecule has 0 aliphatic carbocycles. The molecule has 0 saturated carbocycles. The van der Waals surface area contributed by atoms with Gasteiger partial charge in [-0.25, -0.2) is 13.8 Å². The van der Waals surface area contributed by atoms with Crippen molar-refractivity contribution in [2.75, 3.05) is 5.32 Å². The van der Waals surface area contributed by atoms with Gasteiger partial charge in [-0.2, -0.15) is 4.37 Å². The van der Waals surface area contributed by atoms with Crippen molar-refractivity contribution in [1.29, 1.82) is 0 Å². The predicted octanol–water partition coefficient (Wildman–Crippen LogP) is 2.38. The first-order valence-corrected chi connectivity index (χ1v) is 5.40. The monoisotopic (exact) mass is 255 g/mol. The first-order chi connectivity index (χ1) is 8.06. The number of anilines is 1. The summed E-state index contributed by atoms with van der Waals surface area (Å²) in [4.78, 5) is 15.5. The van der Waals surface area contributed by atoms with E-state index in [-0.39, 0.29) is 10.7 Å². The number of nitrogens with one attached hydrogen (secondary N) is 1. The van der Waals surface area contributed by atoms with Crippen LogP contribution >= 0.6 is 11.5 Å². The number of carbonyl (C=O) groups is 1. The smallest absolute Gasteiger partial charge is 0.260 e. The van der Waals surface area contributed by atoms with Crippen molar-refractivity contribution in [2.24, 2.45) is 0 Å². The number of carbonyl (C=O) groups excluding carboxylic acids is 1. The largest absolute Gasteiger partial charge is 0.296 e. The quantitative estimate of drug-likeness (QED) is 0.896. The maximum Gasteiger partial charge on any atom is 0.260 e. The van der Waals surface area contributed by atoms with E-state index in [1.807, 2.05) is 0 Å². The van der Waals surface area contributed by atoms with E-state index in [0.29, 0.717) is 11.9 Å². The molecule has 0 bridgehead atoms. The highest BCUT2D eigenvalue weighted by atomic mass is 32.1. The molecule has 2 rings (SSSR count). The minimum absolute atomic E-state index is 0.237. The summed E-state index contributed by atoms with van der Waals surface area (Å²) < 4.78 is 29.8. The number of nitrogens with zero attached hydrogens (tertiary/aromatic N) is 2. The molecule has 2 aromatic rings. The van der Waals surface area contributed by atoms with Crippen LogP contribution in [0.2, 0.25) is 0 Å². The second-order valence-electron chi connectivity index (χ2n) is 3.23. The van der Waals surface area contributed by atoms with Crippen LogP contribution in [0.5, 0.6) is 0 Å². The van der Waals surface area contributed by atoms with Gasteiger partial charge in [-0.1, -0.05) is 0 Å². The Labute approximate surface area is 99.5 Å². The zero-order valence-corrected chi connectivity index (χ0v) is 9.52. The minimum atomic E-state index is -0.913. The number of aryl methyl sites for hydroxylation is 1. The summed E-state index contributed by atoms with van der Waals surface area (Å²) in [7, 11) is 0. The maximum atomic E-state index is 13.3. The van der Waals surface area contributed by atoms with Gasteiger partial charge in [0.25, 0.3) is 5.91 Å². The van der Waals surface area contributed by atoms with Gasteiger partial charge < -0.3 is 0 Å². The van der Waals surface area contributed by atoms with Crippen molar-refractivity contribution in [3.63, 3.8) is 0 Å². The highest BCUT2D eigenvalue weighted by Crippen LogP contribution is 2.14. The number of hydrogen-bond acceptors (Lipinski definition) is 4. The molecule has 88 valence electrons. The van der Waals surface area contributed by atoms with Crippen molar-refractivity contribution in [3.05, 3.63) is 41.2 Å². The Morgan fingerprint density at radius 2 is 2.18 bits per heavy atom. The topological polar surface area (TPSA) is 54.9 Å². The summed E-state index contributed by atoms with van der Waals surface area (Å²) in [5, 5.41) is 2.66. The molecule has 0 aliphatic heterocycles. The van der Waals surface area contributed by atoms with E-state index >= 15 is 0 Å². The molecule has 0 fully saturated rings. The molecule has 1 amide bonds. The first kappa shape index (κ1) is 11.6. The lowest BCUT2D eigenvalue weighted by Gasteiger charge is -2.02. The van der Waals surface area contributed by atoms with Gasteiger partial charge in [0.2, 0.25) is 5.13 Å². The minimum Gasteiger partial charge on any atom is -0.296 e. The van der Waals surface area contributed by atoms with Gasteiger partial charge in [-0.3, -0.25) is 10.1 Å². The van der Waals surface area contributed by atoms with Crippen LogP contribution < -0.4 is 5.32 Å². The molecule has 1 aromatic carbocycles. The third-order valence-electron chi connectivity index (χ3n) is 1.92. The Hall–Kier alpha value is -1.89. The molecule has 4 nitrogen and oxygen atoms in total. The summed E-state index contributed by atoms with van der Waals surface area (Å²) in [5.41, 5.74) is -0.237. The number of benzene rings is 1. The van der Waals surface area contributed by atoms with Crippen LogP contribution in [0.1, 0.15) is 16.2 Å². The Morgan fingerprint density at radius 3 is 2.76 bits per heavy atom. The number of aromatic nitrogens is 2. The fourth-order valence-electron chi connectivity index (χ4n) is 1.19. The number of rotatable bonds is 2. The van der Waals surface area contributed by atoms with Crippen LogP contribution in [-0.4, -0.2) is 15.3 Å². The summed E-state index contributed by atoms with van der Waals surface area (Å²) in [6.07, 6.45) is 0. The van der Waals surface area contributed by atoms with Gasteiger partial charge in [0.1, 0.15) is 17.5 Å². The molecule has 0 radical (unpaired) electrons. The lowest BCUT2D eigenvalue weighted by Crippen LogP contribution is -2.13. The zero-order valence-electron chi connectivity index (χ0n) is 8.70. The van der Waals surface area contributed by atoms with E-state index in [9.17, 15) is 13.6 Å². The van der Waals surface area contributed by atoms with Gasteiger partial charge in [0.05, 0.1) is 5.56 Å². The van der Waals surface area contributed by atoms with E-state index < -0.39 is 17.5 Å². The van der Waals surface area contributed by atoms with Gasteiger partial charge in [0, 0.05) is 17.6 Å². The number of amides is 1. The number of hydrogen-bond donors (Lipinski definition) is 1. The maximum absolute atomic E-state index is 13.3. The molecule has 17 heavy (non-hydrogen) atoms. The molecular weight excluding hydrogens is 248 g/mol. The Morgan fingerprint density at radius 1 is 1.41 bits per heavy atom. The molecule has 0 saturated heterocycles. The normalized spacial score (nSPS) is 10.3. The molecule has 0 unspecified atom stereocenters. The fraction of sp³-hybridized carbons (Fsp3) is 0.100. The molecule has 7 heteroatoms. The van der Waals surface area contributed by atoms with Crippen molar-refractivity contribution < 1.29 is 13.6 Å². The van der Waals surface area contributed by atoms with Crippen LogP contribution in [0.4, 0.5) is 13.9 Å². The van der Waals surface area contributed by atoms with E-state index in [0.717, 1.165) is 23.7 Å². The third-order valence-corrected chi connectivity index (χ3v) is 2.65. The molecule has 1 N–H and O–H groups in total. The van der Waals surface area contributed by atoms with Gasteiger partial charge in [0.15, 0.2) is 0 Å². The SMILES string of the molecule is Cc1nsc(NC(=O)c2ccc(F)cc2F)n1. The Bertz CT molecular complexity index is 570. The van der Waals surface area contributed by atoms with Crippen LogP contribution in [0, 0.1) is 18.6 Å². The Balaban J connectivity index is 2.20. The average molecular weight is 255 g/mol. The van der Waals surface area contributed by atoms with Crippen LogP contribution in [0.25, 0.3) is 0 Å². The lowest BCUT2D eigenvalue weighted by molar-refractivity contribution is 0.102. The van der Waals surface area contributed by atoms with E-state index in [1.165, 1.54) is 0 Å². The first-order valence-electron chi connectivity index (χ1n) is 4.63. The van der Waals surface area contributed by atoms with Crippen molar-refractivity contribution in [3.8, 4) is 0 Å². The molecule has 0 atom stereocenters. The number of halogens is 2. The second kappa shape index (κ2) is 4.54.